The Hall–Kier alpha value is -3.94. The average molecular weight is 551 g/mol. The van der Waals surface area contributed by atoms with E-state index >= 15 is 0 Å². The van der Waals surface area contributed by atoms with E-state index in [-0.39, 0.29) is 18.4 Å². The van der Waals surface area contributed by atoms with Crippen molar-refractivity contribution in [2.45, 2.75) is 64.0 Å². The van der Waals surface area contributed by atoms with Crippen LogP contribution in [0.2, 0.25) is 0 Å². The van der Waals surface area contributed by atoms with Gasteiger partial charge in [0.25, 0.3) is 5.75 Å². The molecule has 2 aromatic carbocycles. The molecule has 1 aromatic heterocycles. The predicted octanol–water partition coefficient (Wildman–Crippen LogP) is 7.32. The molecule has 3 N–H and O–H groups in total. The van der Waals surface area contributed by atoms with E-state index < -0.39 is 17.7 Å². The van der Waals surface area contributed by atoms with Gasteiger partial charge in [-0.15, -0.1) is 0 Å². The average Bonchev–Trinajstić information content (AvgIpc) is 2.94. The quantitative estimate of drug-likeness (QED) is 0.224. The van der Waals surface area contributed by atoms with E-state index in [1.54, 1.807) is 17.2 Å². The first-order valence-corrected chi connectivity index (χ1v) is 13.5. The van der Waals surface area contributed by atoms with Gasteiger partial charge in [0.2, 0.25) is 5.91 Å². The largest absolute Gasteiger partial charge is 0.593 e. The van der Waals surface area contributed by atoms with Gasteiger partial charge in [0.05, 0.1) is 35.5 Å². The van der Waals surface area contributed by atoms with Crippen LogP contribution >= 0.6 is 0 Å². The first kappa shape index (κ1) is 29.1. The number of hydrogen-bond acceptors (Lipinski definition) is 3. The molecule has 1 aliphatic carbocycles. The van der Waals surface area contributed by atoms with Gasteiger partial charge in [-0.05, 0) is 79.0 Å². The molecule has 1 aliphatic rings. The van der Waals surface area contributed by atoms with Gasteiger partial charge >= 0.3 is 6.18 Å². The maximum absolute atomic E-state index is 14.1. The highest BCUT2D eigenvalue weighted by Gasteiger charge is 2.33. The molecule has 0 aliphatic heterocycles. The van der Waals surface area contributed by atoms with Crippen LogP contribution in [-0.4, -0.2) is 28.8 Å². The van der Waals surface area contributed by atoms with E-state index in [4.69, 9.17) is 10.5 Å². The van der Waals surface area contributed by atoms with Crippen LogP contribution in [-0.2, 0) is 23.8 Å². The van der Waals surface area contributed by atoms with E-state index in [9.17, 15) is 18.0 Å². The minimum atomic E-state index is -4.37. The molecule has 4 rings (SSSR count). The van der Waals surface area contributed by atoms with Gasteiger partial charge in [-0.1, -0.05) is 44.2 Å². The van der Waals surface area contributed by atoms with Crippen molar-refractivity contribution < 1.29 is 23.1 Å². The first-order chi connectivity index (χ1) is 19.1. The Labute approximate surface area is 232 Å². The molecule has 1 heterocycles. The SMILES string of the molecule is CC(C)c1ccc(N(C/C(C=N)=C/CCc2ccc(C(F)(F)F)cc2)C(=O)C2CCCc3c([OH2+])cccc32)cn1. The minimum Gasteiger partial charge on any atom is -0.593 e. The molecular formula is C32H35F3N3O2+. The summed E-state index contributed by atoms with van der Waals surface area (Å²) in [4.78, 5) is 20.3. The number of alkyl halides is 3. The number of nitrogens with one attached hydrogen (secondary N) is 1. The second kappa shape index (κ2) is 12.5. The standard InChI is InChI=1S/C32H34F3N3O2/c1-21(2)29-17-16-25(19-37-29)38(31(40)28-10-4-9-27-26(28)8-5-11-30(27)39)20-23(18-36)7-3-6-22-12-14-24(15-13-22)32(33,34)35/h5,7-8,11-19,21,28,36,39H,3-4,6,9-10,20H2,1-2H3/p+1/b23-7+,36-18?. The van der Waals surface area contributed by atoms with Crippen LogP contribution < -0.4 is 4.90 Å². The molecule has 0 saturated carbocycles. The maximum Gasteiger partial charge on any atom is 0.416 e. The third kappa shape index (κ3) is 6.79. The van der Waals surface area contributed by atoms with Crippen LogP contribution in [0.5, 0.6) is 5.75 Å². The smallest absolute Gasteiger partial charge is 0.416 e. The van der Waals surface area contributed by atoms with E-state index in [1.807, 2.05) is 30.3 Å². The van der Waals surface area contributed by atoms with Crippen molar-refractivity contribution >= 4 is 17.8 Å². The first-order valence-electron chi connectivity index (χ1n) is 13.5. The van der Waals surface area contributed by atoms with Crippen LogP contribution in [0, 0.1) is 5.41 Å². The van der Waals surface area contributed by atoms with E-state index in [2.05, 4.69) is 18.8 Å². The molecule has 8 heteroatoms. The second-order valence-electron chi connectivity index (χ2n) is 10.5. The van der Waals surface area contributed by atoms with Crippen molar-refractivity contribution in [3.05, 3.63) is 100 Å². The highest BCUT2D eigenvalue weighted by Crippen LogP contribution is 2.38. The fraction of sp³-hybridized carbons (Fsp3) is 0.344. The molecule has 3 aromatic rings. The molecule has 0 fully saturated rings. The van der Waals surface area contributed by atoms with Gasteiger partial charge in [-0.3, -0.25) is 9.78 Å². The van der Waals surface area contributed by atoms with Crippen LogP contribution in [0.3, 0.4) is 0 Å². The number of aryl methyl sites for hydroxylation is 1. The summed E-state index contributed by atoms with van der Waals surface area (Å²) in [5.41, 5.74) is 4.07. The number of anilines is 1. The number of allylic oxidation sites excluding steroid dienone is 1. The Bertz CT molecular complexity index is 1360. The lowest BCUT2D eigenvalue weighted by molar-refractivity contribution is -0.137. The minimum absolute atomic E-state index is 0.0962. The Morgan fingerprint density at radius 3 is 2.52 bits per heavy atom. The lowest BCUT2D eigenvalue weighted by atomic mass is 9.81. The Balaban J connectivity index is 1.58. The number of rotatable bonds is 9. The Morgan fingerprint density at radius 2 is 1.90 bits per heavy atom. The summed E-state index contributed by atoms with van der Waals surface area (Å²) in [6.07, 6.45) is 3.70. The molecule has 0 bridgehead atoms. The number of amides is 1. The van der Waals surface area contributed by atoms with Crippen LogP contribution in [0.1, 0.15) is 72.9 Å². The van der Waals surface area contributed by atoms with Gasteiger partial charge in [0.1, 0.15) is 0 Å². The molecule has 1 atom stereocenters. The van der Waals surface area contributed by atoms with E-state index in [0.29, 0.717) is 36.3 Å². The van der Waals surface area contributed by atoms with Crippen LogP contribution in [0.4, 0.5) is 18.9 Å². The highest BCUT2D eigenvalue weighted by atomic mass is 19.4. The Morgan fingerprint density at radius 1 is 1.15 bits per heavy atom. The Kier molecular flexibility index (Phi) is 9.07. The third-order valence-electron chi connectivity index (χ3n) is 7.39. The lowest BCUT2D eigenvalue weighted by Gasteiger charge is -2.31. The summed E-state index contributed by atoms with van der Waals surface area (Å²) < 4.78 is 38.6. The number of hydrogen-bond donors (Lipinski definition) is 1. The van der Waals surface area contributed by atoms with Crippen LogP contribution in [0.15, 0.2) is 72.4 Å². The summed E-state index contributed by atoms with van der Waals surface area (Å²) in [6.45, 7) is 4.27. The van der Waals surface area contributed by atoms with Gasteiger partial charge in [-0.2, -0.15) is 13.2 Å². The zero-order valence-corrected chi connectivity index (χ0v) is 22.8. The number of carbonyl (C=O) groups excluding carboxylic acids is 1. The summed E-state index contributed by atoms with van der Waals surface area (Å²) in [7, 11) is 0. The number of halogens is 3. The molecule has 1 unspecified atom stereocenters. The molecule has 0 spiro atoms. The second-order valence-corrected chi connectivity index (χ2v) is 10.5. The molecule has 0 radical (unpaired) electrons. The number of fused-ring (bicyclic) bond motifs is 1. The van der Waals surface area contributed by atoms with E-state index in [1.165, 1.54) is 18.3 Å². The van der Waals surface area contributed by atoms with Gasteiger partial charge in [0, 0.05) is 18.0 Å². The van der Waals surface area contributed by atoms with E-state index in [0.717, 1.165) is 47.4 Å². The van der Waals surface area contributed by atoms with Gasteiger partial charge in [-0.25, -0.2) is 0 Å². The third-order valence-corrected chi connectivity index (χ3v) is 7.39. The van der Waals surface area contributed by atoms with Crippen molar-refractivity contribution in [3.63, 3.8) is 0 Å². The maximum atomic E-state index is 14.1. The number of carbonyl (C=O) groups is 1. The molecular weight excluding hydrogens is 515 g/mol. The summed E-state index contributed by atoms with van der Waals surface area (Å²) in [5.74, 6) is 0.202. The topological polar surface area (TPSA) is 80.0 Å². The molecule has 5 nitrogen and oxygen atoms in total. The number of aromatic nitrogens is 1. The van der Waals surface area contributed by atoms with Gasteiger partial charge < -0.3 is 15.4 Å². The van der Waals surface area contributed by atoms with Crippen molar-refractivity contribution in [2.24, 2.45) is 0 Å². The lowest BCUT2D eigenvalue weighted by Crippen LogP contribution is -2.38. The predicted molar refractivity (Wildman–Crippen MR) is 152 cm³/mol. The fourth-order valence-electron chi connectivity index (χ4n) is 5.12. The van der Waals surface area contributed by atoms with Crippen LogP contribution in [0.25, 0.3) is 0 Å². The monoisotopic (exact) mass is 550 g/mol. The van der Waals surface area contributed by atoms with Gasteiger partial charge in [0.15, 0.2) is 0 Å². The number of nitrogens with zero attached hydrogens (tertiary/aromatic N) is 2. The van der Waals surface area contributed by atoms with Crippen molar-refractivity contribution in [2.75, 3.05) is 11.4 Å². The van der Waals surface area contributed by atoms with Crippen molar-refractivity contribution in [1.29, 1.82) is 5.41 Å². The molecule has 0 saturated heterocycles. The zero-order chi connectivity index (χ0) is 28.9. The fourth-order valence-corrected chi connectivity index (χ4v) is 5.12. The van der Waals surface area contributed by atoms with Crippen molar-refractivity contribution in [1.82, 2.24) is 4.98 Å². The van der Waals surface area contributed by atoms with Crippen molar-refractivity contribution in [3.8, 4) is 5.75 Å². The number of benzene rings is 2. The molecule has 40 heavy (non-hydrogen) atoms. The molecule has 1 amide bonds. The zero-order valence-electron chi connectivity index (χ0n) is 22.8. The summed E-state index contributed by atoms with van der Waals surface area (Å²) >= 11 is 0. The highest BCUT2D eigenvalue weighted by molar-refractivity contribution is 6.00. The summed E-state index contributed by atoms with van der Waals surface area (Å²) in [6, 6.07) is 14.4. The number of pyridine rings is 1. The molecule has 210 valence electrons. The summed E-state index contributed by atoms with van der Waals surface area (Å²) in [5, 5.41) is 16.3. The normalized spacial score (nSPS) is 15.6.